The normalized spacial score (nSPS) is 33.2. The molecule has 0 aliphatic carbocycles. The van der Waals surface area contributed by atoms with Gasteiger partial charge in [0.15, 0.2) is 0 Å². The van der Waals surface area contributed by atoms with Gasteiger partial charge in [0.25, 0.3) is 0 Å². The van der Waals surface area contributed by atoms with E-state index in [1.165, 1.54) is 0 Å². The molecule has 94 valence electrons. The van der Waals surface area contributed by atoms with E-state index in [0.29, 0.717) is 6.10 Å². The SMILES string of the molecule is CCn1ncc(Br)c1C(O)C1CC2CCC1O2. The Morgan fingerprint density at radius 2 is 2.47 bits per heavy atom. The maximum Gasteiger partial charge on any atom is 0.102 e. The predicted molar refractivity (Wildman–Crippen MR) is 66.6 cm³/mol. The third kappa shape index (κ3) is 1.84. The van der Waals surface area contributed by atoms with E-state index in [4.69, 9.17) is 4.74 Å². The molecule has 0 spiro atoms. The molecule has 4 atom stereocenters. The zero-order valence-electron chi connectivity index (χ0n) is 9.84. The van der Waals surface area contributed by atoms with Crippen LogP contribution in [0.25, 0.3) is 0 Å². The molecule has 0 radical (unpaired) electrons. The lowest BCUT2D eigenvalue weighted by Gasteiger charge is -2.25. The maximum atomic E-state index is 10.6. The van der Waals surface area contributed by atoms with Gasteiger partial charge in [-0.3, -0.25) is 4.68 Å². The highest BCUT2D eigenvalue weighted by atomic mass is 79.9. The largest absolute Gasteiger partial charge is 0.386 e. The van der Waals surface area contributed by atoms with Crippen molar-refractivity contribution < 1.29 is 9.84 Å². The lowest BCUT2D eigenvalue weighted by atomic mass is 9.84. The molecule has 2 saturated heterocycles. The van der Waals surface area contributed by atoms with Crippen molar-refractivity contribution in [2.45, 2.75) is 51.0 Å². The van der Waals surface area contributed by atoms with Crippen molar-refractivity contribution in [1.29, 1.82) is 0 Å². The second-order valence-corrected chi connectivity index (χ2v) is 5.77. The van der Waals surface area contributed by atoms with Gasteiger partial charge in [-0.15, -0.1) is 0 Å². The number of hydrogen-bond acceptors (Lipinski definition) is 3. The van der Waals surface area contributed by atoms with Crippen LogP contribution in [0.15, 0.2) is 10.7 Å². The van der Waals surface area contributed by atoms with Crippen molar-refractivity contribution in [3.8, 4) is 0 Å². The highest BCUT2D eigenvalue weighted by Gasteiger charge is 2.45. The highest BCUT2D eigenvalue weighted by molar-refractivity contribution is 9.10. The fourth-order valence-electron chi connectivity index (χ4n) is 3.13. The molecule has 2 aliphatic rings. The summed E-state index contributed by atoms with van der Waals surface area (Å²) in [7, 11) is 0. The number of aliphatic hydroxyl groups excluding tert-OH is 1. The second kappa shape index (κ2) is 4.37. The van der Waals surface area contributed by atoms with E-state index in [1.807, 2.05) is 11.6 Å². The van der Waals surface area contributed by atoms with Crippen molar-refractivity contribution in [3.05, 3.63) is 16.4 Å². The molecule has 2 bridgehead atoms. The van der Waals surface area contributed by atoms with Gasteiger partial charge < -0.3 is 9.84 Å². The van der Waals surface area contributed by atoms with Crippen LogP contribution in [-0.2, 0) is 11.3 Å². The van der Waals surface area contributed by atoms with E-state index in [9.17, 15) is 5.11 Å². The number of halogens is 1. The molecule has 1 N–H and O–H groups in total. The number of hydrogen-bond donors (Lipinski definition) is 1. The summed E-state index contributed by atoms with van der Waals surface area (Å²) in [5, 5.41) is 14.8. The molecule has 4 unspecified atom stereocenters. The first-order valence-corrected chi connectivity index (χ1v) is 7.04. The quantitative estimate of drug-likeness (QED) is 0.931. The highest BCUT2D eigenvalue weighted by Crippen LogP contribution is 2.45. The van der Waals surface area contributed by atoms with E-state index >= 15 is 0 Å². The molecule has 4 nitrogen and oxygen atoms in total. The minimum absolute atomic E-state index is 0.229. The molecule has 1 aromatic heterocycles. The summed E-state index contributed by atoms with van der Waals surface area (Å²) in [5.74, 6) is 0.229. The zero-order chi connectivity index (χ0) is 12.0. The molecule has 2 aliphatic heterocycles. The number of rotatable bonds is 3. The monoisotopic (exact) mass is 300 g/mol. The van der Waals surface area contributed by atoms with Gasteiger partial charge in [0.1, 0.15) is 6.10 Å². The number of aromatic nitrogens is 2. The zero-order valence-corrected chi connectivity index (χ0v) is 11.4. The molecule has 0 saturated carbocycles. The van der Waals surface area contributed by atoms with Crippen LogP contribution in [0.1, 0.15) is 38.0 Å². The van der Waals surface area contributed by atoms with Crippen molar-refractivity contribution in [1.82, 2.24) is 9.78 Å². The lowest BCUT2D eigenvalue weighted by Crippen LogP contribution is -2.25. The Labute approximate surface area is 109 Å². The van der Waals surface area contributed by atoms with E-state index in [-0.39, 0.29) is 12.0 Å². The Morgan fingerprint density at radius 3 is 3.06 bits per heavy atom. The number of aryl methyl sites for hydroxylation is 1. The summed E-state index contributed by atoms with van der Waals surface area (Å²) >= 11 is 3.47. The summed E-state index contributed by atoms with van der Waals surface area (Å²) in [6.07, 6.45) is 5.12. The smallest absolute Gasteiger partial charge is 0.102 e. The van der Waals surface area contributed by atoms with Gasteiger partial charge in [-0.1, -0.05) is 0 Å². The van der Waals surface area contributed by atoms with Crippen molar-refractivity contribution in [2.24, 2.45) is 5.92 Å². The molecular weight excluding hydrogens is 284 g/mol. The van der Waals surface area contributed by atoms with Crippen LogP contribution in [-0.4, -0.2) is 27.1 Å². The summed E-state index contributed by atoms with van der Waals surface area (Å²) in [6.45, 7) is 2.81. The Balaban J connectivity index is 1.86. The minimum Gasteiger partial charge on any atom is -0.386 e. The van der Waals surface area contributed by atoms with Crippen LogP contribution in [0.3, 0.4) is 0 Å². The van der Waals surface area contributed by atoms with Crippen LogP contribution < -0.4 is 0 Å². The number of aliphatic hydroxyl groups is 1. The van der Waals surface area contributed by atoms with Crippen LogP contribution in [0.4, 0.5) is 0 Å². The molecule has 3 heterocycles. The van der Waals surface area contributed by atoms with Crippen molar-refractivity contribution in [2.75, 3.05) is 0 Å². The first kappa shape index (κ1) is 11.7. The average molecular weight is 301 g/mol. The van der Waals surface area contributed by atoms with Gasteiger partial charge in [-0.05, 0) is 42.1 Å². The van der Waals surface area contributed by atoms with Crippen LogP contribution in [0.5, 0.6) is 0 Å². The van der Waals surface area contributed by atoms with E-state index < -0.39 is 6.10 Å². The van der Waals surface area contributed by atoms with Crippen LogP contribution in [0, 0.1) is 5.92 Å². The topological polar surface area (TPSA) is 47.3 Å². The standard InChI is InChI=1S/C12H17BrN2O2/c1-2-15-11(9(13)6-14-15)12(16)8-5-7-3-4-10(8)17-7/h6-8,10,12,16H,2-5H2,1H3. The van der Waals surface area contributed by atoms with E-state index in [0.717, 1.165) is 36.0 Å². The molecular formula is C12H17BrN2O2. The predicted octanol–water partition coefficient (Wildman–Crippen LogP) is 2.27. The van der Waals surface area contributed by atoms with E-state index in [2.05, 4.69) is 21.0 Å². The fourth-order valence-corrected chi connectivity index (χ4v) is 3.66. The Kier molecular flexibility index (Phi) is 3.00. The summed E-state index contributed by atoms with van der Waals surface area (Å²) in [5.41, 5.74) is 0.897. The third-order valence-corrected chi connectivity index (χ3v) is 4.58. The van der Waals surface area contributed by atoms with Gasteiger partial charge in [0, 0.05) is 12.5 Å². The second-order valence-electron chi connectivity index (χ2n) is 4.91. The maximum absolute atomic E-state index is 10.6. The van der Waals surface area contributed by atoms with Gasteiger partial charge in [0.2, 0.25) is 0 Å². The fraction of sp³-hybridized carbons (Fsp3) is 0.750. The summed E-state index contributed by atoms with van der Waals surface area (Å²) in [4.78, 5) is 0. The van der Waals surface area contributed by atoms with Gasteiger partial charge >= 0.3 is 0 Å². The van der Waals surface area contributed by atoms with Gasteiger partial charge in [-0.2, -0.15) is 5.10 Å². The molecule has 0 aromatic carbocycles. The minimum atomic E-state index is -0.470. The van der Waals surface area contributed by atoms with Crippen molar-refractivity contribution >= 4 is 15.9 Å². The number of ether oxygens (including phenoxy) is 1. The van der Waals surface area contributed by atoms with Gasteiger partial charge in [0.05, 0.1) is 28.6 Å². The molecule has 0 amide bonds. The van der Waals surface area contributed by atoms with E-state index in [1.54, 1.807) is 6.20 Å². The molecule has 5 heteroatoms. The van der Waals surface area contributed by atoms with Crippen LogP contribution in [0.2, 0.25) is 0 Å². The number of nitrogens with zero attached hydrogens (tertiary/aromatic N) is 2. The third-order valence-electron chi connectivity index (χ3n) is 3.97. The lowest BCUT2D eigenvalue weighted by molar-refractivity contribution is 0.0377. The molecule has 17 heavy (non-hydrogen) atoms. The Bertz CT molecular complexity index is 421. The average Bonchev–Trinajstić information content (AvgIpc) is 3.01. The Hall–Kier alpha value is -0.390. The van der Waals surface area contributed by atoms with Gasteiger partial charge in [-0.25, -0.2) is 0 Å². The summed E-state index contributed by atoms with van der Waals surface area (Å²) in [6, 6.07) is 0. The Morgan fingerprint density at radius 1 is 1.65 bits per heavy atom. The molecule has 2 fully saturated rings. The first-order valence-electron chi connectivity index (χ1n) is 6.25. The summed E-state index contributed by atoms with van der Waals surface area (Å²) < 4.78 is 8.57. The molecule has 1 aromatic rings. The first-order chi connectivity index (χ1) is 8.20. The number of fused-ring (bicyclic) bond motifs is 2. The van der Waals surface area contributed by atoms with Crippen LogP contribution >= 0.6 is 15.9 Å². The molecule has 3 rings (SSSR count). The van der Waals surface area contributed by atoms with Crippen molar-refractivity contribution in [3.63, 3.8) is 0 Å².